The number of alkyl halides is 2. The summed E-state index contributed by atoms with van der Waals surface area (Å²) in [5.41, 5.74) is 4.61. The summed E-state index contributed by atoms with van der Waals surface area (Å²) in [5.74, 6) is 0. The molecule has 0 unspecified atom stereocenters. The van der Waals surface area contributed by atoms with Gasteiger partial charge in [0.05, 0.1) is 0 Å². The summed E-state index contributed by atoms with van der Waals surface area (Å²) in [6, 6.07) is 8.49. The average Bonchev–Trinajstić information content (AvgIpc) is 2.17. The first kappa shape index (κ1) is 10.1. The van der Waals surface area contributed by atoms with Crippen molar-refractivity contribution in [3.63, 3.8) is 0 Å². The molecule has 2 N–H and O–H groups in total. The summed E-state index contributed by atoms with van der Waals surface area (Å²) in [5, 5.41) is 0. The second-order valence-corrected chi connectivity index (χ2v) is 3.06. The maximum absolute atomic E-state index is 12.6. The Kier molecular flexibility index (Phi) is 2.98. The fourth-order valence-electron chi connectivity index (χ4n) is 1.23. The zero-order valence-electron chi connectivity index (χ0n) is 7.50. The monoisotopic (exact) mass is 185 g/mol. The number of nitrogens with two attached hydrogens (primary N) is 1. The fraction of sp³-hybridized carbons (Fsp3) is 0.400. The van der Waals surface area contributed by atoms with E-state index in [2.05, 4.69) is 0 Å². The third kappa shape index (κ3) is 1.86. The van der Waals surface area contributed by atoms with Gasteiger partial charge < -0.3 is 5.73 Å². The highest BCUT2D eigenvalue weighted by molar-refractivity contribution is 5.24. The van der Waals surface area contributed by atoms with E-state index in [1.807, 2.05) is 0 Å². The summed E-state index contributed by atoms with van der Waals surface area (Å²) in [4.78, 5) is 0. The lowest BCUT2D eigenvalue weighted by molar-refractivity contribution is 0.0494. The second-order valence-electron chi connectivity index (χ2n) is 3.06. The largest absolute Gasteiger partial charge is 0.317 e. The molecule has 0 aliphatic heterocycles. The number of hydrogen-bond acceptors (Lipinski definition) is 1. The topological polar surface area (TPSA) is 26.0 Å². The Morgan fingerprint density at radius 1 is 1.31 bits per heavy atom. The van der Waals surface area contributed by atoms with Gasteiger partial charge in [-0.2, -0.15) is 0 Å². The quantitative estimate of drug-likeness (QED) is 0.769. The lowest BCUT2D eigenvalue weighted by Gasteiger charge is -2.27. The van der Waals surface area contributed by atoms with Gasteiger partial charge >= 0.3 is 0 Å². The van der Waals surface area contributed by atoms with Gasteiger partial charge in [0.2, 0.25) is 0 Å². The van der Waals surface area contributed by atoms with Crippen LogP contribution in [0.1, 0.15) is 18.9 Å². The van der Waals surface area contributed by atoms with Crippen LogP contribution >= 0.6 is 0 Å². The second kappa shape index (κ2) is 3.83. The molecule has 72 valence electrons. The minimum absolute atomic E-state index is 0.231. The van der Waals surface area contributed by atoms with Crippen LogP contribution in [0.25, 0.3) is 0 Å². The molecule has 3 heteroatoms. The van der Waals surface area contributed by atoms with Crippen LogP contribution in [0.15, 0.2) is 30.3 Å². The lowest BCUT2D eigenvalue weighted by Crippen LogP contribution is -2.43. The third-order valence-corrected chi connectivity index (χ3v) is 2.29. The van der Waals surface area contributed by atoms with Crippen molar-refractivity contribution in [1.29, 1.82) is 0 Å². The van der Waals surface area contributed by atoms with E-state index < -0.39 is 12.0 Å². The van der Waals surface area contributed by atoms with Crippen LogP contribution in [-0.4, -0.2) is 6.43 Å². The molecule has 0 amide bonds. The Bertz CT molecular complexity index is 261. The lowest BCUT2D eigenvalue weighted by atomic mass is 9.89. The van der Waals surface area contributed by atoms with Crippen molar-refractivity contribution < 1.29 is 8.78 Å². The summed E-state index contributed by atoms with van der Waals surface area (Å²) < 4.78 is 25.3. The Hall–Kier alpha value is -0.960. The predicted molar refractivity (Wildman–Crippen MR) is 48.6 cm³/mol. The first-order valence-corrected chi connectivity index (χ1v) is 4.24. The zero-order valence-corrected chi connectivity index (χ0v) is 7.50. The van der Waals surface area contributed by atoms with Crippen LogP contribution in [0.2, 0.25) is 0 Å². The van der Waals surface area contributed by atoms with Crippen molar-refractivity contribution in [3.05, 3.63) is 35.9 Å². The molecule has 1 aromatic carbocycles. The maximum Gasteiger partial charge on any atom is 0.260 e. The highest BCUT2D eigenvalue weighted by atomic mass is 19.3. The average molecular weight is 185 g/mol. The van der Waals surface area contributed by atoms with Gasteiger partial charge in [-0.25, -0.2) is 8.78 Å². The van der Waals surface area contributed by atoms with Crippen molar-refractivity contribution in [1.82, 2.24) is 0 Å². The van der Waals surface area contributed by atoms with Crippen LogP contribution in [-0.2, 0) is 5.54 Å². The van der Waals surface area contributed by atoms with E-state index in [-0.39, 0.29) is 6.42 Å². The molecule has 1 rings (SSSR count). The molecule has 0 aromatic heterocycles. The van der Waals surface area contributed by atoms with Crippen molar-refractivity contribution in [3.8, 4) is 0 Å². The molecule has 1 atom stereocenters. The van der Waals surface area contributed by atoms with Crippen molar-refractivity contribution in [2.45, 2.75) is 25.3 Å². The van der Waals surface area contributed by atoms with Crippen LogP contribution in [0.4, 0.5) is 8.78 Å². The Balaban J connectivity index is 3.03. The number of benzene rings is 1. The predicted octanol–water partition coefficient (Wildman–Crippen LogP) is 2.52. The molecular formula is C10H13F2N. The summed E-state index contributed by atoms with van der Waals surface area (Å²) in [7, 11) is 0. The van der Waals surface area contributed by atoms with Crippen molar-refractivity contribution in [2.24, 2.45) is 5.73 Å². The van der Waals surface area contributed by atoms with Crippen LogP contribution in [0.5, 0.6) is 0 Å². The zero-order chi connectivity index (χ0) is 9.90. The van der Waals surface area contributed by atoms with Gasteiger partial charge in [0, 0.05) is 0 Å². The van der Waals surface area contributed by atoms with E-state index in [9.17, 15) is 8.78 Å². The van der Waals surface area contributed by atoms with E-state index in [1.165, 1.54) is 0 Å². The fourth-order valence-corrected chi connectivity index (χ4v) is 1.23. The highest BCUT2D eigenvalue weighted by Gasteiger charge is 2.35. The molecule has 0 radical (unpaired) electrons. The van der Waals surface area contributed by atoms with Crippen molar-refractivity contribution >= 4 is 0 Å². The van der Waals surface area contributed by atoms with E-state index >= 15 is 0 Å². The van der Waals surface area contributed by atoms with Gasteiger partial charge in [-0.05, 0) is 12.0 Å². The first-order chi connectivity index (χ1) is 6.11. The maximum atomic E-state index is 12.6. The van der Waals surface area contributed by atoms with Crippen LogP contribution in [0, 0.1) is 0 Å². The van der Waals surface area contributed by atoms with E-state index in [4.69, 9.17) is 5.73 Å². The molecule has 0 aliphatic carbocycles. The van der Waals surface area contributed by atoms with Crippen LogP contribution in [0.3, 0.4) is 0 Å². The van der Waals surface area contributed by atoms with Crippen LogP contribution < -0.4 is 5.73 Å². The minimum atomic E-state index is -2.53. The Morgan fingerprint density at radius 2 is 1.85 bits per heavy atom. The number of halogens is 2. The Labute approximate surface area is 76.6 Å². The van der Waals surface area contributed by atoms with Gasteiger partial charge in [-0.1, -0.05) is 37.3 Å². The molecule has 1 aromatic rings. The smallest absolute Gasteiger partial charge is 0.260 e. The van der Waals surface area contributed by atoms with Gasteiger partial charge in [-0.15, -0.1) is 0 Å². The summed E-state index contributed by atoms with van der Waals surface area (Å²) in [6.45, 7) is 1.67. The molecule has 0 saturated carbocycles. The molecule has 0 bridgehead atoms. The molecule has 0 saturated heterocycles. The van der Waals surface area contributed by atoms with E-state index in [0.29, 0.717) is 5.56 Å². The highest BCUT2D eigenvalue weighted by Crippen LogP contribution is 2.28. The molecule has 13 heavy (non-hydrogen) atoms. The standard InChI is InChI=1S/C10H13F2N/c1-2-10(13,9(11)12)8-6-4-3-5-7-8/h3-7,9H,2,13H2,1H3/t10-/m1/s1. The van der Waals surface area contributed by atoms with Gasteiger partial charge in [-0.3, -0.25) is 0 Å². The minimum Gasteiger partial charge on any atom is -0.317 e. The molecule has 0 spiro atoms. The number of rotatable bonds is 3. The van der Waals surface area contributed by atoms with Gasteiger partial charge in [0.1, 0.15) is 5.54 Å². The van der Waals surface area contributed by atoms with Gasteiger partial charge in [0.15, 0.2) is 0 Å². The van der Waals surface area contributed by atoms with Crippen molar-refractivity contribution in [2.75, 3.05) is 0 Å². The summed E-state index contributed by atoms with van der Waals surface area (Å²) >= 11 is 0. The van der Waals surface area contributed by atoms with Gasteiger partial charge in [0.25, 0.3) is 6.43 Å². The van der Waals surface area contributed by atoms with E-state index in [1.54, 1.807) is 37.3 Å². The molecular weight excluding hydrogens is 172 g/mol. The first-order valence-electron chi connectivity index (χ1n) is 4.24. The molecule has 0 fully saturated rings. The SMILES string of the molecule is CC[C@@](N)(c1ccccc1)C(F)F. The molecule has 0 aliphatic rings. The molecule has 1 nitrogen and oxygen atoms in total. The van der Waals surface area contributed by atoms with E-state index in [0.717, 1.165) is 0 Å². The molecule has 0 heterocycles. The summed E-state index contributed by atoms with van der Waals surface area (Å²) in [6.07, 6.45) is -2.30. The Morgan fingerprint density at radius 3 is 2.23 bits per heavy atom. The number of hydrogen-bond donors (Lipinski definition) is 1. The normalized spacial score (nSPS) is 15.8. The third-order valence-electron chi connectivity index (χ3n) is 2.29.